The minimum atomic E-state index is -0.259. The van der Waals surface area contributed by atoms with E-state index in [0.29, 0.717) is 5.56 Å². The van der Waals surface area contributed by atoms with Crippen LogP contribution in [0, 0.1) is 0 Å². The number of nitrogens with two attached hydrogens (primary N) is 1. The van der Waals surface area contributed by atoms with Gasteiger partial charge in [0.2, 0.25) is 0 Å². The van der Waals surface area contributed by atoms with Gasteiger partial charge in [-0.2, -0.15) is 0 Å². The van der Waals surface area contributed by atoms with E-state index < -0.39 is 0 Å². The molecule has 1 aromatic carbocycles. The monoisotopic (exact) mass is 244 g/mol. The van der Waals surface area contributed by atoms with Crippen LogP contribution in [0.25, 0.3) is 10.9 Å². The van der Waals surface area contributed by atoms with E-state index in [4.69, 9.17) is 5.84 Å². The van der Waals surface area contributed by atoms with E-state index >= 15 is 0 Å². The average Bonchev–Trinajstić information content (AvgIpc) is 2.76. The van der Waals surface area contributed by atoms with Gasteiger partial charge in [0.05, 0.1) is 5.69 Å². The van der Waals surface area contributed by atoms with Gasteiger partial charge in [0.1, 0.15) is 0 Å². The van der Waals surface area contributed by atoms with Crippen molar-refractivity contribution in [2.75, 3.05) is 18.5 Å². The molecule has 2 aromatic rings. The number of aryl methyl sites for hydroxylation is 1. The van der Waals surface area contributed by atoms with Gasteiger partial charge in [-0.3, -0.25) is 10.2 Å². The van der Waals surface area contributed by atoms with Crippen LogP contribution in [0.2, 0.25) is 0 Å². The zero-order valence-electron chi connectivity index (χ0n) is 10.3. The van der Waals surface area contributed by atoms with Crippen LogP contribution in [0.3, 0.4) is 0 Å². The first-order valence-corrected chi connectivity index (χ1v) is 6.07. The maximum Gasteiger partial charge on any atom is 0.265 e. The third-order valence-electron chi connectivity index (χ3n) is 3.54. The molecular weight excluding hydrogens is 228 g/mol. The quantitative estimate of drug-likeness (QED) is 0.400. The first-order valence-electron chi connectivity index (χ1n) is 6.07. The maximum atomic E-state index is 11.6. The number of aromatic amines is 1. The molecule has 4 N–H and O–H groups in total. The highest BCUT2D eigenvalue weighted by Crippen LogP contribution is 2.34. The summed E-state index contributed by atoms with van der Waals surface area (Å²) >= 11 is 0. The highest BCUT2D eigenvalue weighted by Gasteiger charge is 2.20. The molecule has 5 nitrogen and oxygen atoms in total. The topological polar surface area (TPSA) is 74.2 Å². The van der Waals surface area contributed by atoms with Crippen molar-refractivity contribution in [3.05, 3.63) is 29.5 Å². The summed E-state index contributed by atoms with van der Waals surface area (Å²) in [6.07, 6.45) is 2.22. The number of rotatable bonds is 1. The summed E-state index contributed by atoms with van der Waals surface area (Å²) in [5, 5.41) is 1.09. The second-order valence-corrected chi connectivity index (χ2v) is 4.71. The van der Waals surface area contributed by atoms with E-state index in [0.717, 1.165) is 30.3 Å². The molecule has 1 aliphatic rings. The number of benzene rings is 1. The molecule has 1 aromatic heterocycles. The van der Waals surface area contributed by atoms with Gasteiger partial charge in [-0.05, 0) is 31.0 Å². The lowest BCUT2D eigenvalue weighted by molar-refractivity contribution is 0.0954. The number of nitrogens with one attached hydrogen (secondary N) is 2. The van der Waals surface area contributed by atoms with Crippen LogP contribution < -0.4 is 16.2 Å². The maximum absolute atomic E-state index is 11.6. The van der Waals surface area contributed by atoms with Crippen molar-refractivity contribution < 1.29 is 4.79 Å². The van der Waals surface area contributed by atoms with Gasteiger partial charge in [0, 0.05) is 35.8 Å². The van der Waals surface area contributed by atoms with Crippen LogP contribution in [-0.2, 0) is 6.42 Å². The Hall–Kier alpha value is -2.01. The van der Waals surface area contributed by atoms with Crippen LogP contribution in [0.4, 0.5) is 5.69 Å². The zero-order chi connectivity index (χ0) is 12.7. The van der Waals surface area contributed by atoms with Gasteiger partial charge >= 0.3 is 0 Å². The number of aromatic nitrogens is 1. The number of hydrogen-bond donors (Lipinski definition) is 3. The fraction of sp³-hybridized carbons (Fsp3) is 0.308. The smallest absolute Gasteiger partial charge is 0.265 e. The Morgan fingerprint density at radius 1 is 1.50 bits per heavy atom. The molecule has 1 aliphatic heterocycles. The standard InChI is InChI=1S/C13H16N4O/c1-17-6-2-3-11-12(17)9-7-8(13(18)16-14)4-5-10(9)15-11/h4-5,7,15H,2-3,6,14H2,1H3,(H,16,18). The number of nitrogens with zero attached hydrogens (tertiary/aromatic N) is 1. The van der Waals surface area contributed by atoms with Crippen LogP contribution in [0.1, 0.15) is 22.5 Å². The zero-order valence-corrected chi connectivity index (χ0v) is 10.3. The van der Waals surface area contributed by atoms with Gasteiger partial charge in [-0.15, -0.1) is 0 Å². The molecule has 0 bridgehead atoms. The second kappa shape index (κ2) is 4.03. The Morgan fingerprint density at radius 2 is 2.33 bits per heavy atom. The van der Waals surface area contributed by atoms with E-state index in [1.807, 2.05) is 12.1 Å². The largest absolute Gasteiger partial charge is 0.373 e. The lowest BCUT2D eigenvalue weighted by atomic mass is 10.1. The summed E-state index contributed by atoms with van der Waals surface area (Å²) in [7, 11) is 2.08. The molecule has 94 valence electrons. The van der Waals surface area contributed by atoms with Crippen molar-refractivity contribution in [2.24, 2.45) is 5.84 Å². The van der Waals surface area contributed by atoms with Crippen molar-refractivity contribution in [2.45, 2.75) is 12.8 Å². The Bertz CT molecular complexity index is 617. The normalized spacial score (nSPS) is 14.7. The summed E-state index contributed by atoms with van der Waals surface area (Å²) in [5.74, 6) is 4.91. The van der Waals surface area contributed by atoms with E-state index in [2.05, 4.69) is 22.4 Å². The predicted octanol–water partition coefficient (Wildman–Crippen LogP) is 1.15. The third-order valence-corrected chi connectivity index (χ3v) is 3.54. The fourth-order valence-electron chi connectivity index (χ4n) is 2.68. The molecule has 0 saturated heterocycles. The second-order valence-electron chi connectivity index (χ2n) is 4.71. The lowest BCUT2D eigenvalue weighted by Gasteiger charge is -2.24. The van der Waals surface area contributed by atoms with Gasteiger partial charge in [-0.25, -0.2) is 5.84 Å². The van der Waals surface area contributed by atoms with E-state index in [1.54, 1.807) is 6.07 Å². The molecule has 0 unspecified atom stereocenters. The Morgan fingerprint density at radius 3 is 3.11 bits per heavy atom. The number of H-pyrrole nitrogens is 1. The number of carbonyl (C=O) groups is 1. The van der Waals surface area contributed by atoms with Crippen molar-refractivity contribution in [1.82, 2.24) is 10.4 Å². The van der Waals surface area contributed by atoms with Gasteiger partial charge in [0.25, 0.3) is 5.91 Å². The summed E-state index contributed by atoms with van der Waals surface area (Å²) < 4.78 is 0. The molecule has 1 amide bonds. The first kappa shape index (κ1) is 11.1. The molecule has 3 rings (SSSR count). The minimum Gasteiger partial charge on any atom is -0.373 e. The van der Waals surface area contributed by atoms with Gasteiger partial charge < -0.3 is 9.88 Å². The molecule has 5 heteroatoms. The van der Waals surface area contributed by atoms with E-state index in [9.17, 15) is 4.79 Å². The highest BCUT2D eigenvalue weighted by atomic mass is 16.2. The lowest BCUT2D eigenvalue weighted by Crippen LogP contribution is -2.29. The Kier molecular flexibility index (Phi) is 2.48. The van der Waals surface area contributed by atoms with Crippen molar-refractivity contribution in [3.63, 3.8) is 0 Å². The molecule has 18 heavy (non-hydrogen) atoms. The van der Waals surface area contributed by atoms with Crippen LogP contribution in [0.5, 0.6) is 0 Å². The number of carbonyl (C=O) groups excluding carboxylic acids is 1. The number of anilines is 1. The number of hydrazine groups is 1. The van der Waals surface area contributed by atoms with Crippen LogP contribution in [-0.4, -0.2) is 24.5 Å². The minimum absolute atomic E-state index is 0.259. The van der Waals surface area contributed by atoms with Crippen molar-refractivity contribution >= 4 is 22.5 Å². The Labute approximate surface area is 105 Å². The number of nitrogen functional groups attached to an aromatic ring is 1. The Balaban J connectivity index is 2.20. The summed E-state index contributed by atoms with van der Waals surface area (Å²) in [6.45, 7) is 1.05. The van der Waals surface area contributed by atoms with Crippen LogP contribution in [0.15, 0.2) is 18.2 Å². The summed E-state index contributed by atoms with van der Waals surface area (Å²) in [6, 6.07) is 5.62. The first-order chi connectivity index (χ1) is 8.70. The van der Waals surface area contributed by atoms with Gasteiger partial charge in [0.15, 0.2) is 0 Å². The summed E-state index contributed by atoms with van der Waals surface area (Å²) in [5.41, 5.74) is 6.29. The highest BCUT2D eigenvalue weighted by molar-refractivity contribution is 6.02. The molecule has 2 heterocycles. The summed E-state index contributed by atoms with van der Waals surface area (Å²) in [4.78, 5) is 17.2. The molecule has 0 fully saturated rings. The molecule has 0 saturated carbocycles. The van der Waals surface area contributed by atoms with E-state index in [1.165, 1.54) is 11.4 Å². The predicted molar refractivity (Wildman–Crippen MR) is 71.5 cm³/mol. The molecule has 0 atom stereocenters. The van der Waals surface area contributed by atoms with Crippen LogP contribution >= 0.6 is 0 Å². The molecular formula is C13H16N4O. The third kappa shape index (κ3) is 1.55. The van der Waals surface area contributed by atoms with Crippen molar-refractivity contribution in [1.29, 1.82) is 0 Å². The molecule has 0 aliphatic carbocycles. The SMILES string of the molecule is CN1CCCc2[nH]c3ccc(C(=O)NN)cc3c21. The number of fused-ring (bicyclic) bond motifs is 3. The fourth-order valence-corrected chi connectivity index (χ4v) is 2.68. The number of amides is 1. The number of hydrogen-bond acceptors (Lipinski definition) is 3. The molecule has 0 radical (unpaired) electrons. The average molecular weight is 244 g/mol. The van der Waals surface area contributed by atoms with Crippen molar-refractivity contribution in [3.8, 4) is 0 Å². The van der Waals surface area contributed by atoms with E-state index in [-0.39, 0.29) is 5.91 Å². The van der Waals surface area contributed by atoms with Gasteiger partial charge in [-0.1, -0.05) is 0 Å². The molecule has 0 spiro atoms.